The molecule has 2 aromatic carbocycles. The highest BCUT2D eigenvalue weighted by molar-refractivity contribution is 6.09. The molecule has 0 aliphatic heterocycles. The van der Waals surface area contributed by atoms with Gasteiger partial charge in [-0.05, 0) is 36.3 Å². The molecule has 0 amide bonds. The van der Waals surface area contributed by atoms with Gasteiger partial charge in [0.25, 0.3) is 5.69 Å². The van der Waals surface area contributed by atoms with Crippen molar-refractivity contribution in [1.82, 2.24) is 0 Å². The van der Waals surface area contributed by atoms with E-state index < -0.39 is 10.7 Å². The second-order valence-corrected chi connectivity index (χ2v) is 5.58. The molecule has 0 N–H and O–H groups in total. The van der Waals surface area contributed by atoms with E-state index in [1.54, 1.807) is 37.5 Å². The monoisotopic (exact) mass is 355 g/mol. The summed E-state index contributed by atoms with van der Waals surface area (Å²) in [5, 5.41) is 11.0. The number of ether oxygens (including phenoxy) is 2. The van der Waals surface area contributed by atoms with Gasteiger partial charge < -0.3 is 9.47 Å². The summed E-state index contributed by atoms with van der Waals surface area (Å²) in [6.45, 7) is 2.66. The average molecular weight is 355 g/mol. The van der Waals surface area contributed by atoms with E-state index in [0.29, 0.717) is 18.1 Å². The second-order valence-electron chi connectivity index (χ2n) is 5.58. The lowest BCUT2D eigenvalue weighted by Crippen LogP contribution is -2.01. The van der Waals surface area contributed by atoms with Crippen LogP contribution >= 0.6 is 0 Å². The molecule has 0 radical (unpaired) electrons. The van der Waals surface area contributed by atoms with Crippen molar-refractivity contribution in [1.29, 1.82) is 0 Å². The summed E-state index contributed by atoms with van der Waals surface area (Å²) in [5.41, 5.74) is 0.589. The number of rotatable bonds is 9. The Bertz CT molecular complexity index is 814. The summed E-state index contributed by atoms with van der Waals surface area (Å²) >= 11 is 0. The van der Waals surface area contributed by atoms with Crippen molar-refractivity contribution in [3.63, 3.8) is 0 Å². The van der Waals surface area contributed by atoms with E-state index in [1.165, 1.54) is 24.3 Å². The van der Waals surface area contributed by atoms with Crippen LogP contribution in [0.4, 0.5) is 5.69 Å². The fraction of sp³-hybridized carbons (Fsp3) is 0.250. The molecule has 6 heteroatoms. The van der Waals surface area contributed by atoms with Crippen molar-refractivity contribution in [2.24, 2.45) is 0 Å². The van der Waals surface area contributed by atoms with E-state index in [1.807, 2.05) is 0 Å². The maximum Gasteiger partial charge on any atom is 0.280 e. The number of allylic oxidation sites excluding steroid dienone is 1. The van der Waals surface area contributed by atoms with E-state index in [4.69, 9.17) is 9.47 Å². The normalized spacial score (nSPS) is 10.7. The molecule has 0 aliphatic carbocycles. The van der Waals surface area contributed by atoms with Crippen molar-refractivity contribution in [3.05, 3.63) is 69.8 Å². The van der Waals surface area contributed by atoms with Gasteiger partial charge in [0.1, 0.15) is 0 Å². The van der Waals surface area contributed by atoms with Gasteiger partial charge >= 0.3 is 0 Å². The fourth-order valence-electron chi connectivity index (χ4n) is 2.34. The van der Waals surface area contributed by atoms with Crippen LogP contribution in [0.5, 0.6) is 11.5 Å². The minimum atomic E-state index is -0.561. The number of nitro groups is 1. The average Bonchev–Trinajstić information content (AvgIpc) is 2.66. The lowest BCUT2D eigenvalue weighted by atomic mass is 10.1. The molecule has 0 bridgehead atoms. The zero-order valence-corrected chi connectivity index (χ0v) is 14.8. The van der Waals surface area contributed by atoms with Crippen molar-refractivity contribution in [2.45, 2.75) is 19.8 Å². The summed E-state index contributed by atoms with van der Waals surface area (Å²) in [4.78, 5) is 22.8. The number of ketones is 1. The van der Waals surface area contributed by atoms with E-state index >= 15 is 0 Å². The van der Waals surface area contributed by atoms with Gasteiger partial charge in [0, 0.05) is 6.07 Å². The van der Waals surface area contributed by atoms with E-state index in [-0.39, 0.29) is 11.3 Å². The van der Waals surface area contributed by atoms with Gasteiger partial charge in [-0.3, -0.25) is 14.9 Å². The highest BCUT2D eigenvalue weighted by Gasteiger charge is 2.17. The first kappa shape index (κ1) is 19.2. The topological polar surface area (TPSA) is 78.7 Å². The SMILES string of the molecule is CCCCOc1cc(/C=C/C(=O)c2ccccc2[N+](=O)[O-])ccc1OC. The van der Waals surface area contributed by atoms with E-state index in [0.717, 1.165) is 18.4 Å². The first-order chi connectivity index (χ1) is 12.6. The summed E-state index contributed by atoms with van der Waals surface area (Å²) in [5.74, 6) is 0.783. The zero-order valence-electron chi connectivity index (χ0n) is 14.8. The Labute approximate surface area is 152 Å². The van der Waals surface area contributed by atoms with Gasteiger partial charge in [0.05, 0.1) is 24.2 Å². The molecule has 0 aromatic heterocycles. The second kappa shape index (κ2) is 9.36. The molecular weight excluding hydrogens is 334 g/mol. The molecule has 2 aromatic rings. The van der Waals surface area contributed by atoms with Gasteiger partial charge in [-0.25, -0.2) is 0 Å². The van der Waals surface area contributed by atoms with E-state index in [2.05, 4.69) is 6.92 Å². The molecule has 136 valence electrons. The van der Waals surface area contributed by atoms with Gasteiger partial charge in [0.15, 0.2) is 17.3 Å². The summed E-state index contributed by atoms with van der Waals surface area (Å²) in [6.07, 6.45) is 4.87. The van der Waals surface area contributed by atoms with Crippen molar-refractivity contribution >= 4 is 17.5 Å². The highest BCUT2D eigenvalue weighted by Crippen LogP contribution is 2.29. The van der Waals surface area contributed by atoms with Gasteiger partial charge in [-0.2, -0.15) is 0 Å². The molecule has 0 unspecified atom stereocenters. The molecular formula is C20H21NO5. The zero-order chi connectivity index (χ0) is 18.9. The van der Waals surface area contributed by atoms with Crippen LogP contribution < -0.4 is 9.47 Å². The number of para-hydroxylation sites is 1. The summed E-state index contributed by atoms with van der Waals surface area (Å²) in [7, 11) is 1.57. The molecule has 6 nitrogen and oxygen atoms in total. The molecule has 0 saturated carbocycles. The number of unbranched alkanes of at least 4 members (excludes halogenated alkanes) is 1. The lowest BCUT2D eigenvalue weighted by molar-refractivity contribution is -0.385. The van der Waals surface area contributed by atoms with Crippen LogP contribution in [-0.2, 0) is 0 Å². The number of carbonyl (C=O) groups is 1. The summed E-state index contributed by atoms with van der Waals surface area (Å²) in [6, 6.07) is 11.2. The maximum atomic E-state index is 12.3. The molecule has 2 rings (SSSR count). The van der Waals surface area contributed by atoms with E-state index in [9.17, 15) is 14.9 Å². The predicted molar refractivity (Wildman–Crippen MR) is 99.9 cm³/mol. The van der Waals surface area contributed by atoms with Crippen molar-refractivity contribution in [3.8, 4) is 11.5 Å². The Hall–Kier alpha value is -3.15. The quantitative estimate of drug-likeness (QED) is 0.215. The van der Waals surface area contributed by atoms with Gasteiger partial charge in [-0.15, -0.1) is 0 Å². The number of carbonyl (C=O) groups excluding carboxylic acids is 1. The minimum Gasteiger partial charge on any atom is -0.493 e. The van der Waals surface area contributed by atoms with Crippen molar-refractivity contribution < 1.29 is 19.2 Å². The first-order valence-electron chi connectivity index (χ1n) is 8.33. The van der Waals surface area contributed by atoms with Crippen LogP contribution in [0.15, 0.2) is 48.5 Å². The van der Waals surface area contributed by atoms with Crippen LogP contribution in [0, 0.1) is 10.1 Å². The Kier molecular flexibility index (Phi) is 6.91. The number of nitrogens with zero attached hydrogens (tertiary/aromatic N) is 1. The van der Waals surface area contributed by atoms with Crippen LogP contribution in [0.3, 0.4) is 0 Å². The molecule has 26 heavy (non-hydrogen) atoms. The number of benzene rings is 2. The number of hydrogen-bond acceptors (Lipinski definition) is 5. The third-order valence-corrected chi connectivity index (χ3v) is 3.74. The smallest absolute Gasteiger partial charge is 0.280 e. The third kappa shape index (κ3) is 4.92. The van der Waals surface area contributed by atoms with Crippen LogP contribution in [-0.4, -0.2) is 24.4 Å². The fourth-order valence-corrected chi connectivity index (χ4v) is 2.34. The molecule has 0 aliphatic rings. The number of methoxy groups -OCH3 is 1. The maximum absolute atomic E-state index is 12.3. The van der Waals surface area contributed by atoms with Crippen LogP contribution in [0.2, 0.25) is 0 Å². The first-order valence-corrected chi connectivity index (χ1v) is 8.33. The molecule has 0 fully saturated rings. The largest absolute Gasteiger partial charge is 0.493 e. The number of hydrogen-bond donors (Lipinski definition) is 0. The molecule has 0 spiro atoms. The summed E-state index contributed by atoms with van der Waals surface area (Å²) < 4.78 is 11.0. The number of nitro benzene ring substituents is 1. The van der Waals surface area contributed by atoms with Gasteiger partial charge in [-0.1, -0.05) is 37.6 Å². The Morgan fingerprint density at radius 1 is 1.19 bits per heavy atom. The van der Waals surface area contributed by atoms with Crippen molar-refractivity contribution in [2.75, 3.05) is 13.7 Å². The highest BCUT2D eigenvalue weighted by atomic mass is 16.6. The van der Waals surface area contributed by atoms with Crippen LogP contribution in [0.1, 0.15) is 35.7 Å². The molecule has 0 heterocycles. The van der Waals surface area contributed by atoms with Gasteiger partial charge in [0.2, 0.25) is 0 Å². The Morgan fingerprint density at radius 2 is 1.96 bits per heavy atom. The Balaban J connectivity index is 2.21. The third-order valence-electron chi connectivity index (χ3n) is 3.74. The molecule has 0 saturated heterocycles. The minimum absolute atomic E-state index is 0.0571. The van der Waals surface area contributed by atoms with Crippen LogP contribution in [0.25, 0.3) is 6.08 Å². The molecule has 0 atom stereocenters. The standard InChI is InChI=1S/C20H21NO5/c1-3-4-13-26-20-14-15(10-12-19(20)25-2)9-11-18(22)16-7-5-6-8-17(16)21(23)24/h5-12,14H,3-4,13H2,1-2H3/b11-9+. The lowest BCUT2D eigenvalue weighted by Gasteiger charge is -2.11. The Morgan fingerprint density at radius 3 is 2.65 bits per heavy atom. The predicted octanol–water partition coefficient (Wildman–Crippen LogP) is 4.68.